The summed E-state index contributed by atoms with van der Waals surface area (Å²) in [6.45, 7) is 2.08. The van der Waals surface area contributed by atoms with Crippen LogP contribution in [0.15, 0.2) is 42.5 Å². The van der Waals surface area contributed by atoms with Crippen LogP contribution < -0.4 is 14.4 Å². The molecule has 2 heterocycles. The summed E-state index contributed by atoms with van der Waals surface area (Å²) < 4.78 is 38.9. The van der Waals surface area contributed by atoms with E-state index in [1.54, 1.807) is 30.3 Å². The van der Waals surface area contributed by atoms with Gasteiger partial charge in [0.25, 0.3) is 0 Å². The Labute approximate surface area is 137 Å². The van der Waals surface area contributed by atoms with Gasteiger partial charge in [0.05, 0.1) is 0 Å². The molecule has 2 aromatic rings. The van der Waals surface area contributed by atoms with Crippen LogP contribution in [0, 0.1) is 0 Å². The van der Waals surface area contributed by atoms with E-state index in [9.17, 15) is 13.6 Å². The van der Waals surface area contributed by atoms with E-state index in [0.29, 0.717) is 22.7 Å². The number of nitrogens with zero attached hydrogens (tertiary/aromatic N) is 1. The van der Waals surface area contributed by atoms with Gasteiger partial charge in [0.15, 0.2) is 11.5 Å². The molecule has 1 atom stereocenters. The fourth-order valence-electron chi connectivity index (χ4n) is 3.09. The Morgan fingerprint density at radius 3 is 2.54 bits per heavy atom. The van der Waals surface area contributed by atoms with Crippen LogP contribution >= 0.6 is 0 Å². The Morgan fingerprint density at radius 2 is 1.83 bits per heavy atom. The minimum absolute atomic E-state index is 0.0881. The Balaban J connectivity index is 1.72. The molecule has 4 rings (SSSR count). The lowest BCUT2D eigenvalue weighted by Gasteiger charge is -2.46. The highest BCUT2D eigenvalue weighted by molar-refractivity contribution is 6.07. The van der Waals surface area contributed by atoms with Gasteiger partial charge in [-0.15, -0.1) is 0 Å². The molecule has 0 saturated carbocycles. The van der Waals surface area contributed by atoms with Crippen molar-refractivity contribution in [1.29, 1.82) is 0 Å². The monoisotopic (exact) mass is 331 g/mol. The summed E-state index contributed by atoms with van der Waals surface area (Å²) in [5.41, 5.74) is 1.84. The van der Waals surface area contributed by atoms with Gasteiger partial charge in [0.2, 0.25) is 6.79 Å². The maximum Gasteiger partial charge on any atom is 0.349 e. The highest BCUT2D eigenvalue weighted by Crippen LogP contribution is 2.51. The third-order valence-electron chi connectivity index (χ3n) is 4.44. The fraction of sp³-hybridized carbons (Fsp3) is 0.278. The van der Waals surface area contributed by atoms with Crippen LogP contribution in [-0.4, -0.2) is 18.6 Å². The van der Waals surface area contributed by atoms with Crippen molar-refractivity contribution in [2.75, 3.05) is 11.7 Å². The third kappa shape index (κ3) is 2.06. The van der Waals surface area contributed by atoms with Crippen LogP contribution in [0.3, 0.4) is 0 Å². The average Bonchev–Trinajstić information content (AvgIpc) is 3.06. The van der Waals surface area contributed by atoms with Gasteiger partial charge < -0.3 is 9.47 Å². The maximum atomic E-state index is 14.2. The van der Waals surface area contributed by atoms with Crippen molar-refractivity contribution in [3.63, 3.8) is 0 Å². The maximum absolute atomic E-state index is 14.2. The van der Waals surface area contributed by atoms with Crippen molar-refractivity contribution in [2.45, 2.75) is 25.3 Å². The second kappa shape index (κ2) is 5.19. The number of carbonyl (C=O) groups is 1. The van der Waals surface area contributed by atoms with E-state index in [2.05, 4.69) is 0 Å². The molecule has 1 amide bonds. The summed E-state index contributed by atoms with van der Waals surface area (Å²) in [6, 6.07) is 10.4. The molecular formula is C18H15F2NO3. The first-order valence-electron chi connectivity index (χ1n) is 7.72. The van der Waals surface area contributed by atoms with Crippen molar-refractivity contribution in [2.24, 2.45) is 0 Å². The fourth-order valence-corrected chi connectivity index (χ4v) is 3.09. The van der Waals surface area contributed by atoms with Gasteiger partial charge in [0, 0.05) is 11.8 Å². The molecule has 2 aromatic carbocycles. The van der Waals surface area contributed by atoms with Crippen LogP contribution in [-0.2, 0) is 11.2 Å². The number of fused-ring (bicyclic) bond motifs is 1. The number of anilines is 1. The largest absolute Gasteiger partial charge is 0.454 e. The van der Waals surface area contributed by atoms with Gasteiger partial charge in [-0.2, -0.15) is 8.78 Å². The number of alkyl halides is 2. The zero-order chi connectivity index (χ0) is 16.9. The lowest BCUT2D eigenvalue weighted by atomic mass is 9.88. The zero-order valence-electron chi connectivity index (χ0n) is 13.0. The van der Waals surface area contributed by atoms with E-state index >= 15 is 0 Å². The molecule has 2 aliphatic rings. The number of hydrogen-bond donors (Lipinski definition) is 0. The van der Waals surface area contributed by atoms with Crippen molar-refractivity contribution in [3.8, 4) is 11.5 Å². The number of aryl methyl sites for hydroxylation is 1. The van der Waals surface area contributed by atoms with E-state index in [0.717, 1.165) is 16.9 Å². The number of amides is 1. The van der Waals surface area contributed by atoms with Gasteiger partial charge in [-0.1, -0.05) is 31.2 Å². The van der Waals surface area contributed by atoms with Gasteiger partial charge in [0.1, 0.15) is 6.04 Å². The quantitative estimate of drug-likeness (QED) is 0.805. The number of ether oxygens (including phenoxy) is 2. The lowest BCUT2D eigenvalue weighted by molar-refractivity contribution is -0.162. The van der Waals surface area contributed by atoms with E-state index in [4.69, 9.17) is 9.47 Å². The molecule has 0 bridgehead atoms. The number of halogens is 2. The van der Waals surface area contributed by atoms with Crippen molar-refractivity contribution in [3.05, 3.63) is 53.6 Å². The highest BCUT2D eigenvalue weighted by atomic mass is 19.3. The molecular weight excluding hydrogens is 316 g/mol. The SMILES string of the molecule is CCc1ccc(C2N(c3ccc4c(c3)OCO4)C(=O)C2(F)F)cc1. The minimum Gasteiger partial charge on any atom is -0.454 e. The number of hydrogen-bond acceptors (Lipinski definition) is 3. The number of rotatable bonds is 3. The Bertz CT molecular complexity index is 804. The van der Waals surface area contributed by atoms with Crippen LogP contribution in [0.4, 0.5) is 14.5 Å². The predicted molar refractivity (Wildman–Crippen MR) is 83.6 cm³/mol. The summed E-state index contributed by atoms with van der Waals surface area (Å²) in [5.74, 6) is -3.62. The van der Waals surface area contributed by atoms with Crippen LogP contribution in [0.25, 0.3) is 0 Å². The zero-order valence-corrected chi connectivity index (χ0v) is 13.0. The minimum atomic E-state index is -3.41. The van der Waals surface area contributed by atoms with Crippen molar-refractivity contribution < 1.29 is 23.0 Å². The summed E-state index contributed by atoms with van der Waals surface area (Å²) in [6.07, 6.45) is 0.826. The molecule has 124 valence electrons. The summed E-state index contributed by atoms with van der Waals surface area (Å²) in [5, 5.41) is 0. The summed E-state index contributed by atoms with van der Waals surface area (Å²) >= 11 is 0. The topological polar surface area (TPSA) is 38.8 Å². The smallest absolute Gasteiger partial charge is 0.349 e. The van der Waals surface area contributed by atoms with Crippen LogP contribution in [0.2, 0.25) is 0 Å². The molecule has 1 unspecified atom stereocenters. The Kier molecular flexibility index (Phi) is 3.23. The number of carbonyl (C=O) groups excluding carboxylic acids is 1. The van der Waals surface area contributed by atoms with Crippen LogP contribution in [0.5, 0.6) is 11.5 Å². The first-order valence-corrected chi connectivity index (χ1v) is 7.72. The van der Waals surface area contributed by atoms with Crippen molar-refractivity contribution in [1.82, 2.24) is 0 Å². The molecule has 4 nitrogen and oxygen atoms in total. The van der Waals surface area contributed by atoms with Gasteiger partial charge in [-0.05, 0) is 29.7 Å². The van der Waals surface area contributed by atoms with Gasteiger partial charge in [-0.25, -0.2) is 0 Å². The molecule has 1 saturated heterocycles. The molecule has 0 radical (unpaired) electrons. The lowest BCUT2D eigenvalue weighted by Crippen LogP contribution is -2.64. The first-order chi connectivity index (χ1) is 11.5. The first kappa shape index (κ1) is 14.9. The molecule has 6 heteroatoms. The second-order valence-corrected chi connectivity index (χ2v) is 5.83. The predicted octanol–water partition coefficient (Wildman–Crippen LogP) is 3.70. The van der Waals surface area contributed by atoms with Crippen molar-refractivity contribution >= 4 is 11.6 Å². The molecule has 0 N–H and O–H groups in total. The highest BCUT2D eigenvalue weighted by Gasteiger charge is 2.64. The van der Waals surface area contributed by atoms with Crippen LogP contribution in [0.1, 0.15) is 24.1 Å². The van der Waals surface area contributed by atoms with E-state index in [1.807, 2.05) is 19.1 Å². The molecule has 0 aliphatic carbocycles. The van der Waals surface area contributed by atoms with E-state index in [-0.39, 0.29) is 6.79 Å². The molecule has 1 fully saturated rings. The Morgan fingerprint density at radius 1 is 1.12 bits per heavy atom. The Hall–Kier alpha value is -2.63. The van der Waals surface area contributed by atoms with Gasteiger partial charge >= 0.3 is 11.8 Å². The number of benzene rings is 2. The molecule has 2 aliphatic heterocycles. The molecule has 0 spiro atoms. The third-order valence-corrected chi connectivity index (χ3v) is 4.44. The molecule has 24 heavy (non-hydrogen) atoms. The number of β-lactam (4-membered cyclic amide) rings is 1. The standard InChI is InChI=1S/C18H15F2NO3/c1-2-11-3-5-12(6-4-11)16-18(19,20)17(22)21(16)13-7-8-14-15(9-13)24-10-23-14/h3-9,16H,2,10H2,1H3. The second-order valence-electron chi connectivity index (χ2n) is 5.83. The van der Waals surface area contributed by atoms with Gasteiger partial charge in [-0.3, -0.25) is 9.69 Å². The molecule has 0 aromatic heterocycles. The van der Waals surface area contributed by atoms with E-state index in [1.165, 1.54) is 0 Å². The summed E-state index contributed by atoms with van der Waals surface area (Å²) in [4.78, 5) is 13.1. The normalized spacial score (nSPS) is 20.9. The average molecular weight is 331 g/mol. The summed E-state index contributed by atoms with van der Waals surface area (Å²) in [7, 11) is 0. The van der Waals surface area contributed by atoms with E-state index < -0.39 is 17.9 Å².